The maximum atomic E-state index is 12.3. The summed E-state index contributed by atoms with van der Waals surface area (Å²) >= 11 is 0. The van der Waals surface area contributed by atoms with Crippen molar-refractivity contribution < 1.29 is 19.1 Å². The number of para-hydroxylation sites is 1. The quantitative estimate of drug-likeness (QED) is 0.906. The van der Waals surface area contributed by atoms with Crippen molar-refractivity contribution in [3.8, 4) is 11.5 Å². The largest absolute Gasteiger partial charge is 0.482 e. The molecule has 6 nitrogen and oxygen atoms in total. The predicted molar refractivity (Wildman–Crippen MR) is 90.5 cm³/mol. The minimum atomic E-state index is -0.692. The Labute approximate surface area is 139 Å². The molecule has 0 aromatic heterocycles. The monoisotopic (exact) mass is 326 g/mol. The number of ether oxygens (including phenoxy) is 2. The highest BCUT2D eigenvalue weighted by Gasteiger charge is 2.19. The van der Waals surface area contributed by atoms with Crippen molar-refractivity contribution in [3.63, 3.8) is 0 Å². The molecule has 1 unspecified atom stereocenters. The van der Waals surface area contributed by atoms with Gasteiger partial charge in [0, 0.05) is 11.8 Å². The average molecular weight is 326 g/mol. The number of nitrogens with one attached hydrogen (secondary N) is 2. The Hall–Kier alpha value is -3.02. The number of carbonyl (C=O) groups excluding carboxylic acids is 2. The normalized spacial score (nSPS) is 14.0. The molecular formula is C18H18N2O4. The van der Waals surface area contributed by atoms with Crippen LogP contribution in [-0.4, -0.2) is 24.5 Å². The van der Waals surface area contributed by atoms with Crippen LogP contribution in [0.3, 0.4) is 0 Å². The molecule has 2 aromatic carbocycles. The van der Waals surface area contributed by atoms with E-state index in [-0.39, 0.29) is 18.4 Å². The first-order valence-electron chi connectivity index (χ1n) is 7.63. The number of fused-ring (bicyclic) bond motifs is 1. The molecule has 1 aliphatic rings. The third kappa shape index (κ3) is 3.48. The molecule has 1 aliphatic heterocycles. The molecule has 0 spiro atoms. The van der Waals surface area contributed by atoms with Gasteiger partial charge < -0.3 is 20.1 Å². The van der Waals surface area contributed by atoms with Gasteiger partial charge in [0.15, 0.2) is 12.7 Å². The van der Waals surface area contributed by atoms with E-state index in [2.05, 4.69) is 10.6 Å². The Morgan fingerprint density at radius 2 is 2.08 bits per heavy atom. The fourth-order valence-electron chi connectivity index (χ4n) is 2.34. The lowest BCUT2D eigenvalue weighted by Gasteiger charge is -2.20. The van der Waals surface area contributed by atoms with Crippen molar-refractivity contribution in [1.29, 1.82) is 0 Å². The van der Waals surface area contributed by atoms with Crippen molar-refractivity contribution in [2.75, 3.05) is 17.2 Å². The summed E-state index contributed by atoms with van der Waals surface area (Å²) in [5, 5.41) is 5.55. The highest BCUT2D eigenvalue weighted by atomic mass is 16.5. The molecule has 0 radical (unpaired) electrons. The molecule has 6 heteroatoms. The van der Waals surface area contributed by atoms with E-state index in [1.807, 2.05) is 31.2 Å². The Balaban J connectivity index is 1.67. The van der Waals surface area contributed by atoms with E-state index < -0.39 is 6.10 Å². The van der Waals surface area contributed by atoms with Crippen molar-refractivity contribution in [3.05, 3.63) is 48.0 Å². The van der Waals surface area contributed by atoms with Crippen molar-refractivity contribution in [2.24, 2.45) is 0 Å². The minimum Gasteiger partial charge on any atom is -0.482 e. The molecule has 1 atom stereocenters. The zero-order valence-electron chi connectivity index (χ0n) is 13.5. The standard InChI is InChI=1S/C18H18N2O4/c1-11-5-3-4-6-14(11)20-18(22)12(2)24-13-7-8-16-15(9-13)19-17(21)10-23-16/h3-9,12H,10H2,1-2H3,(H,19,21)(H,20,22). The second-order valence-electron chi connectivity index (χ2n) is 5.56. The molecule has 2 N–H and O–H groups in total. The third-order valence-corrected chi connectivity index (χ3v) is 3.67. The van der Waals surface area contributed by atoms with Crippen molar-refractivity contribution in [2.45, 2.75) is 20.0 Å². The fraction of sp³-hybridized carbons (Fsp3) is 0.222. The number of hydrogen-bond donors (Lipinski definition) is 2. The first kappa shape index (κ1) is 15.9. The van der Waals surface area contributed by atoms with E-state index >= 15 is 0 Å². The Morgan fingerprint density at radius 3 is 2.88 bits per heavy atom. The zero-order valence-corrected chi connectivity index (χ0v) is 13.5. The number of aryl methyl sites for hydroxylation is 1. The molecule has 0 saturated heterocycles. The predicted octanol–water partition coefficient (Wildman–Crippen LogP) is 2.73. The van der Waals surface area contributed by atoms with E-state index in [0.29, 0.717) is 17.2 Å². The van der Waals surface area contributed by atoms with Crippen LogP contribution in [0, 0.1) is 6.92 Å². The number of carbonyl (C=O) groups is 2. The summed E-state index contributed by atoms with van der Waals surface area (Å²) < 4.78 is 11.0. The SMILES string of the molecule is Cc1ccccc1NC(=O)C(C)Oc1ccc2c(c1)NC(=O)CO2. The lowest BCUT2D eigenvalue weighted by Crippen LogP contribution is -2.30. The van der Waals surface area contributed by atoms with Crippen LogP contribution in [0.1, 0.15) is 12.5 Å². The van der Waals surface area contributed by atoms with Gasteiger partial charge in [-0.05, 0) is 37.6 Å². The molecule has 0 saturated carbocycles. The van der Waals surface area contributed by atoms with Crippen LogP contribution in [0.5, 0.6) is 11.5 Å². The van der Waals surface area contributed by atoms with Crippen LogP contribution in [0.4, 0.5) is 11.4 Å². The topological polar surface area (TPSA) is 76.7 Å². The van der Waals surface area contributed by atoms with Gasteiger partial charge in [-0.1, -0.05) is 18.2 Å². The first-order chi connectivity index (χ1) is 11.5. The Bertz CT molecular complexity index is 788. The molecule has 0 aliphatic carbocycles. The molecule has 24 heavy (non-hydrogen) atoms. The van der Waals surface area contributed by atoms with E-state index in [0.717, 1.165) is 11.3 Å². The van der Waals surface area contributed by atoms with Crippen LogP contribution in [-0.2, 0) is 9.59 Å². The number of benzene rings is 2. The maximum Gasteiger partial charge on any atom is 0.265 e. The summed E-state index contributed by atoms with van der Waals surface area (Å²) in [5.74, 6) is 0.596. The Kier molecular flexibility index (Phi) is 4.37. The number of amides is 2. The minimum absolute atomic E-state index is 0.00242. The van der Waals surface area contributed by atoms with Gasteiger partial charge in [0.05, 0.1) is 5.69 Å². The number of anilines is 2. The lowest BCUT2D eigenvalue weighted by atomic mass is 10.2. The van der Waals surface area contributed by atoms with Gasteiger partial charge in [-0.2, -0.15) is 0 Å². The van der Waals surface area contributed by atoms with Crippen molar-refractivity contribution in [1.82, 2.24) is 0 Å². The van der Waals surface area contributed by atoms with Gasteiger partial charge in [0.2, 0.25) is 0 Å². The molecule has 124 valence electrons. The summed E-state index contributed by atoms with van der Waals surface area (Å²) in [7, 11) is 0. The fourth-order valence-corrected chi connectivity index (χ4v) is 2.34. The summed E-state index contributed by atoms with van der Waals surface area (Å²) in [6.07, 6.45) is -0.692. The molecule has 0 bridgehead atoms. The molecule has 1 heterocycles. The van der Waals surface area contributed by atoms with Crippen LogP contribution in [0.2, 0.25) is 0 Å². The van der Waals surface area contributed by atoms with Crippen molar-refractivity contribution >= 4 is 23.2 Å². The molecule has 3 rings (SSSR count). The Morgan fingerprint density at radius 1 is 1.29 bits per heavy atom. The van der Waals surface area contributed by atoms with Crippen LogP contribution in [0.25, 0.3) is 0 Å². The van der Waals surface area contributed by atoms with Gasteiger partial charge >= 0.3 is 0 Å². The molecule has 2 aromatic rings. The third-order valence-electron chi connectivity index (χ3n) is 3.67. The van der Waals surface area contributed by atoms with E-state index in [1.54, 1.807) is 25.1 Å². The van der Waals surface area contributed by atoms with E-state index in [1.165, 1.54) is 0 Å². The smallest absolute Gasteiger partial charge is 0.265 e. The lowest BCUT2D eigenvalue weighted by molar-refractivity contribution is -0.122. The number of rotatable bonds is 4. The molecular weight excluding hydrogens is 308 g/mol. The highest BCUT2D eigenvalue weighted by molar-refractivity contribution is 5.96. The second kappa shape index (κ2) is 6.62. The van der Waals surface area contributed by atoms with Gasteiger partial charge in [-0.15, -0.1) is 0 Å². The molecule has 2 amide bonds. The summed E-state index contributed by atoms with van der Waals surface area (Å²) in [6.45, 7) is 3.60. The zero-order chi connectivity index (χ0) is 17.1. The van der Waals surface area contributed by atoms with E-state index in [9.17, 15) is 9.59 Å². The van der Waals surface area contributed by atoms with Crippen LogP contribution < -0.4 is 20.1 Å². The molecule has 0 fully saturated rings. The van der Waals surface area contributed by atoms with Gasteiger partial charge in [0.25, 0.3) is 11.8 Å². The summed E-state index contributed by atoms with van der Waals surface area (Å²) in [5.41, 5.74) is 2.27. The second-order valence-corrected chi connectivity index (χ2v) is 5.56. The summed E-state index contributed by atoms with van der Waals surface area (Å²) in [6, 6.07) is 12.6. The summed E-state index contributed by atoms with van der Waals surface area (Å²) in [4.78, 5) is 23.6. The van der Waals surface area contributed by atoms with Crippen LogP contribution in [0.15, 0.2) is 42.5 Å². The number of hydrogen-bond acceptors (Lipinski definition) is 4. The van der Waals surface area contributed by atoms with Crippen LogP contribution >= 0.6 is 0 Å². The maximum absolute atomic E-state index is 12.3. The highest BCUT2D eigenvalue weighted by Crippen LogP contribution is 2.31. The van der Waals surface area contributed by atoms with Gasteiger partial charge in [-0.25, -0.2) is 0 Å². The first-order valence-corrected chi connectivity index (χ1v) is 7.63. The van der Waals surface area contributed by atoms with Gasteiger partial charge in [0.1, 0.15) is 11.5 Å². The van der Waals surface area contributed by atoms with E-state index in [4.69, 9.17) is 9.47 Å². The van der Waals surface area contributed by atoms with Gasteiger partial charge in [-0.3, -0.25) is 9.59 Å². The average Bonchev–Trinajstić information content (AvgIpc) is 2.56.